The summed E-state index contributed by atoms with van der Waals surface area (Å²) in [6, 6.07) is 4.92. The lowest BCUT2D eigenvalue weighted by Crippen LogP contribution is -2.17. The average molecular weight is 324 g/mol. The van der Waals surface area contributed by atoms with E-state index >= 15 is 0 Å². The van der Waals surface area contributed by atoms with Crippen molar-refractivity contribution in [3.63, 3.8) is 0 Å². The van der Waals surface area contributed by atoms with E-state index in [0.29, 0.717) is 24.0 Å². The normalized spacial score (nSPS) is 11.7. The number of nitrogens with one attached hydrogen (secondary N) is 1. The van der Waals surface area contributed by atoms with Crippen molar-refractivity contribution in [1.29, 1.82) is 0 Å². The van der Waals surface area contributed by atoms with Gasteiger partial charge in [-0.15, -0.1) is 0 Å². The minimum absolute atomic E-state index is 0.175. The lowest BCUT2D eigenvalue weighted by molar-refractivity contribution is 0.593. The summed E-state index contributed by atoms with van der Waals surface area (Å²) < 4.78 is 35.3. The highest BCUT2D eigenvalue weighted by Crippen LogP contribution is 2.16. The maximum atomic E-state index is 13.2. The lowest BCUT2D eigenvalue weighted by atomic mass is 10.2. The molecular formula is C11H15BrFNO2S. The molecule has 0 radical (unpaired) electrons. The minimum atomic E-state index is -2.89. The number of hydrogen-bond acceptors (Lipinski definition) is 3. The predicted molar refractivity (Wildman–Crippen MR) is 70.1 cm³/mol. The molecule has 0 saturated heterocycles. The van der Waals surface area contributed by atoms with Crippen LogP contribution in [0, 0.1) is 5.82 Å². The Balaban J connectivity index is 2.29. The Morgan fingerprint density at radius 3 is 2.71 bits per heavy atom. The molecule has 1 N–H and O–H groups in total. The van der Waals surface area contributed by atoms with Crippen molar-refractivity contribution in [2.24, 2.45) is 0 Å². The molecule has 0 aliphatic rings. The molecule has 0 amide bonds. The number of sulfone groups is 1. The molecule has 0 heterocycles. The average Bonchev–Trinajstić information content (AvgIpc) is 2.21. The number of halogens is 2. The van der Waals surface area contributed by atoms with Gasteiger partial charge in [0.25, 0.3) is 0 Å². The van der Waals surface area contributed by atoms with Gasteiger partial charge in [0.1, 0.15) is 15.7 Å². The first-order chi connectivity index (χ1) is 7.88. The van der Waals surface area contributed by atoms with Gasteiger partial charge in [-0.3, -0.25) is 0 Å². The van der Waals surface area contributed by atoms with Gasteiger partial charge in [-0.25, -0.2) is 12.8 Å². The third-order valence-corrected chi connectivity index (χ3v) is 3.86. The highest BCUT2D eigenvalue weighted by atomic mass is 79.9. The second kappa shape index (κ2) is 6.47. The second-order valence-corrected chi connectivity index (χ2v) is 7.02. The van der Waals surface area contributed by atoms with E-state index < -0.39 is 9.84 Å². The van der Waals surface area contributed by atoms with E-state index in [-0.39, 0.29) is 11.6 Å². The molecule has 1 aromatic carbocycles. The molecule has 0 spiro atoms. The molecule has 0 fully saturated rings. The first-order valence-corrected chi connectivity index (χ1v) is 8.06. The standard InChI is InChI=1S/C11H15BrFNO2S/c1-17(15,16)6-2-5-14-8-9-3-4-10(12)11(13)7-9/h3-4,7,14H,2,5-6,8H2,1H3. The zero-order valence-corrected chi connectivity index (χ0v) is 11.9. The van der Waals surface area contributed by atoms with Gasteiger partial charge < -0.3 is 5.32 Å². The molecule has 0 aliphatic heterocycles. The van der Waals surface area contributed by atoms with Crippen molar-refractivity contribution in [3.05, 3.63) is 34.1 Å². The lowest BCUT2D eigenvalue weighted by Gasteiger charge is -2.05. The highest BCUT2D eigenvalue weighted by Gasteiger charge is 2.02. The van der Waals surface area contributed by atoms with Crippen LogP contribution in [0.15, 0.2) is 22.7 Å². The van der Waals surface area contributed by atoms with E-state index in [9.17, 15) is 12.8 Å². The Kier molecular flexibility index (Phi) is 5.55. The summed E-state index contributed by atoms with van der Waals surface area (Å²) in [7, 11) is -2.89. The molecule has 0 saturated carbocycles. The van der Waals surface area contributed by atoms with Crippen LogP contribution in [-0.2, 0) is 16.4 Å². The molecular weight excluding hydrogens is 309 g/mol. The van der Waals surface area contributed by atoms with E-state index in [1.165, 1.54) is 12.3 Å². The summed E-state index contributed by atoms with van der Waals surface area (Å²) in [5, 5.41) is 3.07. The largest absolute Gasteiger partial charge is 0.313 e. The summed E-state index contributed by atoms with van der Waals surface area (Å²) in [6.45, 7) is 1.14. The molecule has 6 heteroatoms. The van der Waals surface area contributed by atoms with Crippen LogP contribution in [0.4, 0.5) is 4.39 Å². The molecule has 0 bridgehead atoms. The van der Waals surface area contributed by atoms with Crippen molar-refractivity contribution < 1.29 is 12.8 Å². The summed E-state index contributed by atoms with van der Waals surface area (Å²) in [4.78, 5) is 0. The Morgan fingerprint density at radius 1 is 1.41 bits per heavy atom. The van der Waals surface area contributed by atoms with Gasteiger partial charge in [-0.2, -0.15) is 0 Å². The number of benzene rings is 1. The van der Waals surface area contributed by atoms with Crippen LogP contribution in [0.2, 0.25) is 0 Å². The third kappa shape index (κ3) is 6.14. The molecule has 1 aromatic rings. The van der Waals surface area contributed by atoms with E-state index in [1.807, 2.05) is 6.07 Å². The molecule has 3 nitrogen and oxygen atoms in total. The van der Waals surface area contributed by atoms with Crippen LogP contribution in [0.25, 0.3) is 0 Å². The van der Waals surface area contributed by atoms with Gasteiger partial charge in [0.2, 0.25) is 0 Å². The van der Waals surface area contributed by atoms with Gasteiger partial charge in [-0.05, 0) is 46.6 Å². The number of rotatable bonds is 6. The molecule has 0 atom stereocenters. The van der Waals surface area contributed by atoms with Crippen LogP contribution in [0.1, 0.15) is 12.0 Å². The molecule has 1 rings (SSSR count). The fraction of sp³-hybridized carbons (Fsp3) is 0.455. The van der Waals surface area contributed by atoms with Crippen molar-refractivity contribution in [3.8, 4) is 0 Å². The molecule has 96 valence electrons. The van der Waals surface area contributed by atoms with Gasteiger partial charge in [0.05, 0.1) is 10.2 Å². The monoisotopic (exact) mass is 323 g/mol. The first-order valence-electron chi connectivity index (χ1n) is 5.21. The smallest absolute Gasteiger partial charge is 0.147 e. The molecule has 0 aromatic heterocycles. The van der Waals surface area contributed by atoms with Crippen LogP contribution < -0.4 is 5.32 Å². The van der Waals surface area contributed by atoms with Crippen molar-refractivity contribution >= 4 is 25.8 Å². The van der Waals surface area contributed by atoms with Crippen molar-refractivity contribution in [1.82, 2.24) is 5.32 Å². The van der Waals surface area contributed by atoms with Crippen LogP contribution in [-0.4, -0.2) is 27.0 Å². The second-order valence-electron chi connectivity index (χ2n) is 3.91. The molecule has 17 heavy (non-hydrogen) atoms. The van der Waals surface area contributed by atoms with E-state index in [2.05, 4.69) is 21.2 Å². The summed E-state index contributed by atoms with van der Waals surface area (Å²) in [5.41, 5.74) is 0.838. The summed E-state index contributed by atoms with van der Waals surface area (Å²) in [5.74, 6) is -0.116. The van der Waals surface area contributed by atoms with Crippen LogP contribution in [0.3, 0.4) is 0 Å². The Labute approximate surface area is 109 Å². The van der Waals surface area contributed by atoms with E-state index in [0.717, 1.165) is 5.56 Å². The SMILES string of the molecule is CS(=O)(=O)CCCNCc1ccc(Br)c(F)c1. The predicted octanol–water partition coefficient (Wildman–Crippen LogP) is 2.11. The zero-order valence-electron chi connectivity index (χ0n) is 9.54. The Bertz CT molecular complexity index is 476. The van der Waals surface area contributed by atoms with Crippen LogP contribution >= 0.6 is 15.9 Å². The Hall–Kier alpha value is -0.460. The third-order valence-electron chi connectivity index (χ3n) is 2.18. The fourth-order valence-corrected chi connectivity index (χ4v) is 2.26. The minimum Gasteiger partial charge on any atom is -0.313 e. The zero-order chi connectivity index (χ0) is 12.9. The van der Waals surface area contributed by atoms with Crippen molar-refractivity contribution in [2.45, 2.75) is 13.0 Å². The molecule has 0 unspecified atom stereocenters. The van der Waals surface area contributed by atoms with Crippen LogP contribution in [0.5, 0.6) is 0 Å². The quantitative estimate of drug-likeness (QED) is 0.816. The van der Waals surface area contributed by atoms with Crippen molar-refractivity contribution in [2.75, 3.05) is 18.6 Å². The van der Waals surface area contributed by atoms with Gasteiger partial charge in [-0.1, -0.05) is 6.07 Å². The highest BCUT2D eigenvalue weighted by molar-refractivity contribution is 9.10. The van der Waals surface area contributed by atoms with E-state index in [1.54, 1.807) is 6.07 Å². The van der Waals surface area contributed by atoms with Gasteiger partial charge in [0.15, 0.2) is 0 Å². The summed E-state index contributed by atoms with van der Waals surface area (Å²) in [6.07, 6.45) is 1.79. The number of hydrogen-bond donors (Lipinski definition) is 1. The summed E-state index contributed by atoms with van der Waals surface area (Å²) >= 11 is 3.08. The topological polar surface area (TPSA) is 46.2 Å². The fourth-order valence-electron chi connectivity index (χ4n) is 1.34. The maximum Gasteiger partial charge on any atom is 0.147 e. The van der Waals surface area contributed by atoms with Gasteiger partial charge >= 0.3 is 0 Å². The maximum absolute atomic E-state index is 13.2. The van der Waals surface area contributed by atoms with Gasteiger partial charge in [0, 0.05) is 12.8 Å². The van der Waals surface area contributed by atoms with E-state index in [4.69, 9.17) is 0 Å². The Morgan fingerprint density at radius 2 is 2.12 bits per heavy atom. The molecule has 0 aliphatic carbocycles. The first kappa shape index (κ1) is 14.6.